The van der Waals surface area contributed by atoms with Crippen LogP contribution >= 0.6 is 0 Å². The van der Waals surface area contributed by atoms with Crippen LogP contribution in [0.25, 0.3) is 0 Å². The Kier molecular flexibility index (Phi) is 6.55. The highest BCUT2D eigenvalue weighted by molar-refractivity contribution is 7.92. The number of benzene rings is 1. The average molecular weight is 480 g/mol. The highest BCUT2D eigenvalue weighted by atomic mass is 32.2. The maximum atomic E-state index is 12.7. The van der Waals surface area contributed by atoms with E-state index in [1.807, 2.05) is 6.07 Å². The average Bonchev–Trinajstić information content (AvgIpc) is 2.71. The first-order valence-electron chi connectivity index (χ1n) is 9.46. The number of amides is 1. The lowest BCUT2D eigenvalue weighted by atomic mass is 9.91. The number of fused-ring (bicyclic) bond motifs is 1. The zero-order valence-corrected chi connectivity index (χ0v) is 17.3. The molecule has 0 fully saturated rings. The molecule has 3 rings (SSSR count). The van der Waals surface area contributed by atoms with E-state index < -0.39 is 45.3 Å². The zero-order valence-electron chi connectivity index (χ0n) is 16.5. The summed E-state index contributed by atoms with van der Waals surface area (Å²) in [7, 11) is -5.37. The van der Waals surface area contributed by atoms with Crippen LogP contribution in [0, 0.1) is 0 Å². The summed E-state index contributed by atoms with van der Waals surface area (Å²) >= 11 is 0. The molecule has 0 radical (unpaired) electrons. The van der Waals surface area contributed by atoms with Gasteiger partial charge in [-0.05, 0) is 41.2 Å². The van der Waals surface area contributed by atoms with E-state index >= 15 is 0 Å². The van der Waals surface area contributed by atoms with E-state index in [4.69, 9.17) is 0 Å². The minimum Gasteiger partial charge on any atom is -0.338 e. The number of alkyl halides is 6. The maximum Gasteiger partial charge on any atom is 0.497 e. The van der Waals surface area contributed by atoms with Crippen molar-refractivity contribution in [3.05, 3.63) is 64.5 Å². The van der Waals surface area contributed by atoms with Gasteiger partial charge in [0.15, 0.2) is 0 Å². The second-order valence-electron chi connectivity index (χ2n) is 7.36. The van der Waals surface area contributed by atoms with Crippen LogP contribution < -0.4 is 0 Å². The summed E-state index contributed by atoms with van der Waals surface area (Å²) in [4.78, 5) is 17.0. The molecule has 0 spiro atoms. The number of hydrogen-bond donors (Lipinski definition) is 0. The molecule has 1 amide bonds. The van der Waals surface area contributed by atoms with Gasteiger partial charge in [0.1, 0.15) is 5.69 Å². The smallest absolute Gasteiger partial charge is 0.338 e. The highest BCUT2D eigenvalue weighted by Crippen LogP contribution is 2.29. The molecule has 1 aromatic carbocycles. The summed E-state index contributed by atoms with van der Waals surface area (Å²) in [6.07, 6.45) is -3.43. The van der Waals surface area contributed by atoms with Gasteiger partial charge >= 0.3 is 11.7 Å². The Hall–Kier alpha value is -2.63. The van der Waals surface area contributed by atoms with Crippen LogP contribution in [0.15, 0.2) is 36.5 Å². The van der Waals surface area contributed by atoms with Crippen molar-refractivity contribution in [1.82, 2.24) is 9.88 Å². The SMILES string of the molecule is O=C(CCS(=O)(=O)C(F)(F)F)N1CCc2c(Cc3ccc(C(F)(F)F)nc3)cccc2C1. The van der Waals surface area contributed by atoms with E-state index in [1.165, 1.54) is 11.0 Å². The quantitative estimate of drug-likeness (QED) is 0.609. The van der Waals surface area contributed by atoms with Gasteiger partial charge in [0.25, 0.3) is 0 Å². The Bertz CT molecular complexity index is 1100. The number of nitrogens with zero attached hydrogens (tertiary/aromatic N) is 2. The molecule has 174 valence electrons. The summed E-state index contributed by atoms with van der Waals surface area (Å²) in [6, 6.07) is 7.52. The fourth-order valence-electron chi connectivity index (χ4n) is 3.48. The van der Waals surface area contributed by atoms with Gasteiger partial charge in [0, 0.05) is 25.7 Å². The monoisotopic (exact) mass is 480 g/mol. The van der Waals surface area contributed by atoms with Gasteiger partial charge in [-0.3, -0.25) is 9.78 Å². The Morgan fingerprint density at radius 2 is 1.78 bits per heavy atom. The van der Waals surface area contributed by atoms with Crippen molar-refractivity contribution in [2.24, 2.45) is 0 Å². The number of carbonyl (C=O) groups is 1. The number of hydrogen-bond acceptors (Lipinski definition) is 4. The van der Waals surface area contributed by atoms with Crippen LogP contribution in [0.1, 0.15) is 34.4 Å². The first kappa shape index (κ1) is 24.0. The fraction of sp³-hybridized carbons (Fsp3) is 0.400. The van der Waals surface area contributed by atoms with Gasteiger partial charge in [-0.25, -0.2) is 8.42 Å². The summed E-state index contributed by atoms with van der Waals surface area (Å²) in [6.45, 7) is 0.305. The van der Waals surface area contributed by atoms with Gasteiger partial charge in [-0.1, -0.05) is 24.3 Å². The summed E-state index contributed by atoms with van der Waals surface area (Å²) in [5.41, 5.74) is -3.32. The Morgan fingerprint density at radius 1 is 1.06 bits per heavy atom. The van der Waals surface area contributed by atoms with Crippen LogP contribution in [0.4, 0.5) is 26.3 Å². The van der Waals surface area contributed by atoms with Crippen LogP contribution in [0.5, 0.6) is 0 Å². The molecule has 0 saturated heterocycles. The molecule has 12 heteroatoms. The first-order chi connectivity index (χ1) is 14.8. The van der Waals surface area contributed by atoms with Crippen molar-refractivity contribution < 1.29 is 39.6 Å². The molecule has 1 aliphatic heterocycles. The van der Waals surface area contributed by atoms with Crippen molar-refractivity contribution in [2.45, 2.75) is 37.5 Å². The van der Waals surface area contributed by atoms with E-state index in [0.717, 1.165) is 29.0 Å². The summed E-state index contributed by atoms with van der Waals surface area (Å²) < 4.78 is 97.7. The predicted molar refractivity (Wildman–Crippen MR) is 102 cm³/mol. The second kappa shape index (κ2) is 8.72. The highest BCUT2D eigenvalue weighted by Gasteiger charge is 2.45. The molecule has 0 N–H and O–H groups in total. The molecule has 32 heavy (non-hydrogen) atoms. The van der Waals surface area contributed by atoms with Gasteiger partial charge in [-0.2, -0.15) is 26.3 Å². The van der Waals surface area contributed by atoms with Crippen LogP contribution in [-0.4, -0.2) is 42.0 Å². The van der Waals surface area contributed by atoms with Gasteiger partial charge in [-0.15, -0.1) is 0 Å². The number of halogens is 6. The first-order valence-corrected chi connectivity index (χ1v) is 11.1. The molecular formula is C20H18F6N2O3S. The third-order valence-electron chi connectivity index (χ3n) is 5.16. The molecule has 2 heterocycles. The second-order valence-corrected chi connectivity index (χ2v) is 9.46. The normalized spacial score (nSPS) is 14.9. The van der Waals surface area contributed by atoms with Crippen LogP contribution in [0.3, 0.4) is 0 Å². The number of carbonyl (C=O) groups excluding carboxylic acids is 1. The molecule has 1 aromatic heterocycles. The lowest BCUT2D eigenvalue weighted by molar-refractivity contribution is -0.141. The minimum absolute atomic E-state index is 0.110. The molecule has 1 aliphatic rings. The van der Waals surface area contributed by atoms with Gasteiger partial charge in [0.05, 0.1) is 5.75 Å². The van der Waals surface area contributed by atoms with E-state index in [1.54, 1.807) is 12.1 Å². The summed E-state index contributed by atoms with van der Waals surface area (Å²) in [5.74, 6) is -2.00. The molecule has 0 unspecified atom stereocenters. The molecule has 5 nitrogen and oxygen atoms in total. The number of rotatable bonds is 5. The van der Waals surface area contributed by atoms with E-state index in [-0.39, 0.29) is 13.1 Å². The molecule has 0 bridgehead atoms. The summed E-state index contributed by atoms with van der Waals surface area (Å²) in [5, 5.41) is 0. The van der Waals surface area contributed by atoms with Gasteiger partial charge < -0.3 is 4.90 Å². The third-order valence-corrected chi connectivity index (χ3v) is 6.61. The number of pyridine rings is 1. The van der Waals surface area contributed by atoms with Crippen LogP contribution in [-0.2, 0) is 40.2 Å². The standard InChI is InChI=1S/C20H18F6N2O3S/c21-19(22,23)17-5-4-13(11-27-17)10-14-2-1-3-15-12-28(8-6-16(14)15)18(29)7-9-32(30,31)20(24,25)26/h1-5,11H,6-10,12H2. The lowest BCUT2D eigenvalue weighted by Crippen LogP contribution is -2.38. The Morgan fingerprint density at radius 3 is 2.38 bits per heavy atom. The topological polar surface area (TPSA) is 67.3 Å². The van der Waals surface area contributed by atoms with E-state index in [0.29, 0.717) is 18.4 Å². The van der Waals surface area contributed by atoms with Gasteiger partial charge in [0.2, 0.25) is 15.7 Å². The molecule has 0 saturated carbocycles. The van der Waals surface area contributed by atoms with Crippen molar-refractivity contribution in [3.63, 3.8) is 0 Å². The largest absolute Gasteiger partial charge is 0.497 e. The maximum absolute atomic E-state index is 12.7. The van der Waals surface area contributed by atoms with Crippen molar-refractivity contribution in [1.29, 1.82) is 0 Å². The molecule has 2 aromatic rings. The van der Waals surface area contributed by atoms with E-state index in [2.05, 4.69) is 4.98 Å². The zero-order chi connectivity index (χ0) is 23.7. The molecule has 0 aliphatic carbocycles. The van der Waals surface area contributed by atoms with Crippen molar-refractivity contribution >= 4 is 15.7 Å². The Labute approximate surface area is 180 Å². The third kappa shape index (κ3) is 5.40. The van der Waals surface area contributed by atoms with E-state index in [9.17, 15) is 39.6 Å². The Balaban J connectivity index is 1.68. The molecular weight excluding hydrogens is 462 g/mol. The lowest BCUT2D eigenvalue weighted by Gasteiger charge is -2.30. The van der Waals surface area contributed by atoms with Crippen LogP contribution in [0.2, 0.25) is 0 Å². The predicted octanol–water partition coefficient (Wildman–Crippen LogP) is 3.90. The number of sulfone groups is 1. The fourth-order valence-corrected chi connectivity index (χ4v) is 4.15. The van der Waals surface area contributed by atoms with Crippen molar-refractivity contribution in [2.75, 3.05) is 12.3 Å². The molecule has 0 atom stereocenters. The minimum atomic E-state index is -5.40. The number of aromatic nitrogens is 1. The van der Waals surface area contributed by atoms with Crippen molar-refractivity contribution in [3.8, 4) is 0 Å².